The van der Waals surface area contributed by atoms with Crippen molar-refractivity contribution in [2.75, 3.05) is 5.75 Å². The minimum Gasteiger partial charge on any atom is -0.422 e. The van der Waals surface area contributed by atoms with Gasteiger partial charge in [0.1, 0.15) is 11.5 Å². The topological polar surface area (TPSA) is 52.6 Å². The van der Waals surface area contributed by atoms with Gasteiger partial charge in [-0.2, -0.15) is 0 Å². The highest BCUT2D eigenvalue weighted by atomic mass is 32.2. The van der Waals surface area contributed by atoms with E-state index >= 15 is 0 Å². The first-order valence-corrected chi connectivity index (χ1v) is 10.2. The second kappa shape index (κ2) is 8.53. The first-order chi connectivity index (χ1) is 13.8. The molecule has 5 heteroatoms. The molecular weight excluding hydrogens is 384 g/mol. The van der Waals surface area contributed by atoms with Gasteiger partial charge in [0.05, 0.1) is 0 Å². The maximum Gasteiger partial charge on any atom is 0.338 e. The van der Waals surface area contributed by atoms with Crippen molar-refractivity contribution < 1.29 is 19.1 Å². The van der Waals surface area contributed by atoms with Gasteiger partial charge in [0.15, 0.2) is 0 Å². The average molecular weight is 407 g/mol. The van der Waals surface area contributed by atoms with Crippen molar-refractivity contribution in [1.29, 1.82) is 0 Å². The summed E-state index contributed by atoms with van der Waals surface area (Å²) in [6.07, 6.45) is 0. The molecule has 0 aliphatic heterocycles. The minimum absolute atomic E-state index is 0.305. The second-order valence-corrected chi connectivity index (χ2v) is 7.96. The number of hydrogen-bond acceptors (Lipinski definition) is 5. The number of thioether (sulfide) groups is 1. The zero-order chi connectivity index (χ0) is 21.1. The molecule has 0 aliphatic carbocycles. The van der Waals surface area contributed by atoms with Crippen molar-refractivity contribution in [2.24, 2.45) is 0 Å². The monoisotopic (exact) mass is 406 g/mol. The van der Waals surface area contributed by atoms with Gasteiger partial charge < -0.3 is 9.47 Å². The van der Waals surface area contributed by atoms with Gasteiger partial charge in [-0.3, -0.25) is 0 Å². The molecule has 0 saturated heterocycles. The molecule has 148 valence electrons. The lowest BCUT2D eigenvalue weighted by Gasteiger charge is -2.18. The fourth-order valence-electron chi connectivity index (χ4n) is 2.96. The van der Waals surface area contributed by atoms with E-state index in [1.54, 1.807) is 25.6 Å². The third-order valence-electron chi connectivity index (χ3n) is 4.30. The molecule has 0 aliphatic rings. The van der Waals surface area contributed by atoms with Gasteiger partial charge >= 0.3 is 11.9 Å². The molecule has 0 bridgehead atoms. The molecule has 0 N–H and O–H groups in total. The van der Waals surface area contributed by atoms with Crippen LogP contribution in [0.2, 0.25) is 0 Å². The van der Waals surface area contributed by atoms with Gasteiger partial charge in [0.25, 0.3) is 0 Å². The van der Waals surface area contributed by atoms with Crippen LogP contribution in [0, 0.1) is 0 Å². The van der Waals surface area contributed by atoms with Crippen molar-refractivity contribution in [2.45, 2.75) is 25.7 Å². The predicted molar refractivity (Wildman–Crippen MR) is 119 cm³/mol. The highest BCUT2D eigenvalue weighted by molar-refractivity contribution is 7.99. The van der Waals surface area contributed by atoms with E-state index in [9.17, 15) is 9.59 Å². The van der Waals surface area contributed by atoms with Crippen molar-refractivity contribution in [3.05, 3.63) is 66.8 Å². The van der Waals surface area contributed by atoms with Crippen LogP contribution >= 0.6 is 11.8 Å². The maximum atomic E-state index is 12.4. The smallest absolute Gasteiger partial charge is 0.338 e. The summed E-state index contributed by atoms with van der Waals surface area (Å²) < 4.78 is 11.5. The SMILES string of the molecule is C=C(C)C(=O)Oc1c2ccccc2c(OC(=O)C(=C)C)c2c(SCC)cccc12. The Labute approximate surface area is 174 Å². The Morgan fingerprint density at radius 1 is 0.828 bits per heavy atom. The highest BCUT2D eigenvalue weighted by Crippen LogP contribution is 2.46. The van der Waals surface area contributed by atoms with Gasteiger partial charge in [-0.05, 0) is 25.7 Å². The summed E-state index contributed by atoms with van der Waals surface area (Å²) in [5.41, 5.74) is 0.611. The van der Waals surface area contributed by atoms with Crippen molar-refractivity contribution >= 4 is 45.2 Å². The Bertz CT molecular complexity index is 1160. The number of ether oxygens (including phenoxy) is 2. The van der Waals surface area contributed by atoms with E-state index in [-0.39, 0.29) is 0 Å². The summed E-state index contributed by atoms with van der Waals surface area (Å²) in [5.74, 6) is 0.699. The van der Waals surface area contributed by atoms with Gasteiger partial charge in [-0.25, -0.2) is 9.59 Å². The number of carbonyl (C=O) groups is 2. The summed E-state index contributed by atoms with van der Waals surface area (Å²) in [6.45, 7) is 12.6. The highest BCUT2D eigenvalue weighted by Gasteiger charge is 2.22. The fourth-order valence-corrected chi connectivity index (χ4v) is 3.80. The number of rotatable bonds is 6. The predicted octanol–water partition coefficient (Wildman–Crippen LogP) is 6.07. The second-order valence-electron chi connectivity index (χ2n) is 6.66. The van der Waals surface area contributed by atoms with Crippen molar-refractivity contribution in [1.82, 2.24) is 0 Å². The van der Waals surface area contributed by atoms with Crippen LogP contribution in [0.25, 0.3) is 21.5 Å². The van der Waals surface area contributed by atoms with E-state index in [2.05, 4.69) is 13.2 Å². The van der Waals surface area contributed by atoms with Gasteiger partial charge in [-0.1, -0.05) is 56.5 Å². The van der Waals surface area contributed by atoms with Crippen LogP contribution < -0.4 is 9.47 Å². The lowest BCUT2D eigenvalue weighted by Crippen LogP contribution is -2.11. The first kappa shape index (κ1) is 20.7. The molecule has 4 nitrogen and oxygen atoms in total. The zero-order valence-electron chi connectivity index (χ0n) is 16.7. The van der Waals surface area contributed by atoms with Gasteiger partial charge in [0, 0.05) is 37.6 Å². The molecule has 0 heterocycles. The Morgan fingerprint density at radius 3 is 1.90 bits per heavy atom. The van der Waals surface area contributed by atoms with E-state index in [0.29, 0.717) is 38.8 Å². The van der Waals surface area contributed by atoms with Crippen LogP contribution in [0.3, 0.4) is 0 Å². The van der Waals surface area contributed by atoms with Gasteiger partial charge in [0.2, 0.25) is 0 Å². The lowest BCUT2D eigenvalue weighted by molar-refractivity contribution is -0.130. The van der Waals surface area contributed by atoms with E-state index in [1.807, 2.05) is 49.4 Å². The Kier molecular flexibility index (Phi) is 6.09. The Morgan fingerprint density at radius 2 is 1.34 bits per heavy atom. The van der Waals surface area contributed by atoms with Crippen molar-refractivity contribution in [3.63, 3.8) is 0 Å². The summed E-state index contributed by atoms with van der Waals surface area (Å²) in [4.78, 5) is 25.7. The molecule has 3 aromatic rings. The number of carbonyl (C=O) groups excluding carboxylic acids is 2. The van der Waals surface area contributed by atoms with Crippen molar-refractivity contribution in [3.8, 4) is 11.5 Å². The summed E-state index contributed by atoms with van der Waals surface area (Å²) in [6, 6.07) is 13.1. The van der Waals surface area contributed by atoms with E-state index < -0.39 is 11.9 Å². The molecular formula is C24H22O4S. The standard InChI is InChI=1S/C24H22O4S/c1-6-29-19-13-9-12-18-20(19)22(28-24(26)15(4)5)17-11-8-7-10-16(17)21(18)27-23(25)14(2)3/h7-13H,2,4,6H2,1,3,5H3. The van der Waals surface area contributed by atoms with Crippen LogP contribution in [-0.2, 0) is 9.59 Å². The maximum absolute atomic E-state index is 12.4. The number of esters is 2. The quantitative estimate of drug-likeness (QED) is 0.164. The molecule has 3 aromatic carbocycles. The molecule has 0 atom stereocenters. The molecule has 0 aromatic heterocycles. The molecule has 0 fully saturated rings. The number of fused-ring (bicyclic) bond motifs is 2. The normalized spacial score (nSPS) is 10.7. The van der Waals surface area contributed by atoms with Crippen LogP contribution in [0.15, 0.2) is 71.7 Å². The van der Waals surface area contributed by atoms with Crippen LogP contribution in [0.4, 0.5) is 0 Å². The van der Waals surface area contributed by atoms with Gasteiger partial charge in [-0.15, -0.1) is 11.8 Å². The number of hydrogen-bond donors (Lipinski definition) is 0. The molecule has 0 spiro atoms. The third kappa shape index (κ3) is 4.05. The lowest BCUT2D eigenvalue weighted by atomic mass is 10.0. The minimum atomic E-state index is -0.503. The first-order valence-electron chi connectivity index (χ1n) is 9.20. The Hall–Kier alpha value is -3.05. The molecule has 0 unspecified atom stereocenters. The summed E-state index contributed by atoms with van der Waals surface area (Å²) in [5, 5.41) is 2.79. The Balaban J connectivity index is 2.44. The summed E-state index contributed by atoms with van der Waals surface area (Å²) >= 11 is 1.63. The van der Waals surface area contributed by atoms with E-state index in [4.69, 9.17) is 9.47 Å². The zero-order valence-corrected chi connectivity index (χ0v) is 17.5. The third-order valence-corrected chi connectivity index (χ3v) is 5.24. The molecule has 3 rings (SSSR count). The molecule has 29 heavy (non-hydrogen) atoms. The fraction of sp³-hybridized carbons (Fsp3) is 0.167. The summed E-state index contributed by atoms with van der Waals surface area (Å²) in [7, 11) is 0. The molecule has 0 saturated carbocycles. The molecule has 0 radical (unpaired) electrons. The van der Waals surface area contributed by atoms with Crippen LogP contribution in [0.5, 0.6) is 11.5 Å². The van der Waals surface area contributed by atoms with E-state index in [1.165, 1.54) is 0 Å². The largest absolute Gasteiger partial charge is 0.422 e. The molecule has 0 amide bonds. The average Bonchev–Trinajstić information content (AvgIpc) is 2.70. The van der Waals surface area contributed by atoms with Crippen LogP contribution in [-0.4, -0.2) is 17.7 Å². The number of benzene rings is 3. The van der Waals surface area contributed by atoms with E-state index in [0.717, 1.165) is 16.0 Å². The van der Waals surface area contributed by atoms with Crippen LogP contribution in [0.1, 0.15) is 20.8 Å².